The van der Waals surface area contributed by atoms with Crippen LogP contribution in [0.4, 0.5) is 0 Å². The van der Waals surface area contributed by atoms with Gasteiger partial charge in [0, 0.05) is 17.8 Å². The highest BCUT2D eigenvalue weighted by Crippen LogP contribution is 2.30. The number of rotatable bonds is 8. The number of benzene rings is 1. The summed E-state index contributed by atoms with van der Waals surface area (Å²) in [6, 6.07) is 5.94. The second kappa shape index (κ2) is 7.69. The van der Waals surface area contributed by atoms with Crippen LogP contribution in [0.15, 0.2) is 24.4 Å². The molecular weight excluding hydrogens is 266 g/mol. The van der Waals surface area contributed by atoms with Crippen LogP contribution < -0.4 is 14.8 Å². The number of ether oxygens (including phenoxy) is 2. The van der Waals surface area contributed by atoms with Gasteiger partial charge in [-0.05, 0) is 37.9 Å². The van der Waals surface area contributed by atoms with Crippen LogP contribution in [0, 0.1) is 6.92 Å². The molecule has 5 heteroatoms. The van der Waals surface area contributed by atoms with E-state index in [1.807, 2.05) is 18.3 Å². The summed E-state index contributed by atoms with van der Waals surface area (Å²) < 4.78 is 10.7. The zero-order chi connectivity index (χ0) is 15.1. The van der Waals surface area contributed by atoms with E-state index in [2.05, 4.69) is 28.5 Å². The lowest BCUT2D eigenvalue weighted by atomic mass is 10.1. The summed E-state index contributed by atoms with van der Waals surface area (Å²) in [6.07, 6.45) is 4.01. The van der Waals surface area contributed by atoms with Crippen LogP contribution in [0.25, 0.3) is 0 Å². The molecule has 0 bridgehead atoms. The van der Waals surface area contributed by atoms with Gasteiger partial charge in [-0.15, -0.1) is 0 Å². The zero-order valence-corrected chi connectivity index (χ0v) is 12.9. The highest BCUT2D eigenvalue weighted by atomic mass is 16.5. The summed E-state index contributed by atoms with van der Waals surface area (Å²) in [5, 5.41) is 10.4. The maximum absolute atomic E-state index is 5.42. The predicted octanol–water partition coefficient (Wildman–Crippen LogP) is 2.46. The largest absolute Gasteiger partial charge is 0.493 e. The molecule has 5 nitrogen and oxygen atoms in total. The van der Waals surface area contributed by atoms with Gasteiger partial charge in [-0.1, -0.05) is 12.1 Å². The Balaban J connectivity index is 1.80. The van der Waals surface area contributed by atoms with Gasteiger partial charge >= 0.3 is 0 Å². The van der Waals surface area contributed by atoms with Crippen LogP contribution in [0.5, 0.6) is 11.5 Å². The second-order valence-corrected chi connectivity index (χ2v) is 4.95. The van der Waals surface area contributed by atoms with Crippen LogP contribution in [0.2, 0.25) is 0 Å². The molecule has 0 fully saturated rings. The maximum Gasteiger partial charge on any atom is 0.165 e. The predicted molar refractivity (Wildman–Crippen MR) is 82.9 cm³/mol. The number of methoxy groups -OCH3 is 2. The third-order valence-corrected chi connectivity index (χ3v) is 3.53. The zero-order valence-electron chi connectivity index (χ0n) is 12.9. The Morgan fingerprint density at radius 3 is 2.71 bits per heavy atom. The van der Waals surface area contributed by atoms with Crippen molar-refractivity contribution in [2.45, 2.75) is 26.3 Å². The molecular formula is C16H23N3O2. The van der Waals surface area contributed by atoms with E-state index in [9.17, 15) is 0 Å². The third-order valence-electron chi connectivity index (χ3n) is 3.53. The van der Waals surface area contributed by atoms with Crippen LogP contribution >= 0.6 is 0 Å². The van der Waals surface area contributed by atoms with Crippen molar-refractivity contribution in [2.75, 3.05) is 20.8 Å². The molecule has 0 spiro atoms. The van der Waals surface area contributed by atoms with Crippen molar-refractivity contribution < 1.29 is 9.47 Å². The Morgan fingerprint density at radius 1 is 1.19 bits per heavy atom. The van der Waals surface area contributed by atoms with E-state index in [0.29, 0.717) is 0 Å². The van der Waals surface area contributed by atoms with Crippen LogP contribution in [-0.2, 0) is 13.0 Å². The number of para-hydroxylation sites is 1. The number of nitrogens with one attached hydrogen (secondary N) is 2. The van der Waals surface area contributed by atoms with Gasteiger partial charge in [-0.2, -0.15) is 5.10 Å². The van der Waals surface area contributed by atoms with Crippen molar-refractivity contribution >= 4 is 0 Å². The molecule has 2 N–H and O–H groups in total. The van der Waals surface area contributed by atoms with Gasteiger partial charge in [0.25, 0.3) is 0 Å². The molecule has 2 rings (SSSR count). The number of aromatic nitrogens is 2. The van der Waals surface area contributed by atoms with Crippen molar-refractivity contribution in [3.05, 3.63) is 41.2 Å². The Kier molecular flexibility index (Phi) is 5.63. The molecule has 0 aliphatic carbocycles. The van der Waals surface area contributed by atoms with Gasteiger partial charge in [0.2, 0.25) is 0 Å². The quantitative estimate of drug-likeness (QED) is 0.733. The average Bonchev–Trinajstić information content (AvgIpc) is 2.91. The molecule has 0 amide bonds. The SMILES string of the molecule is COc1cccc(CNCCCc2cn[nH]c2C)c1OC. The molecule has 0 saturated carbocycles. The third kappa shape index (κ3) is 3.98. The molecule has 0 aliphatic heterocycles. The molecule has 1 aromatic carbocycles. The van der Waals surface area contributed by atoms with Crippen molar-refractivity contribution in [3.63, 3.8) is 0 Å². The first-order valence-corrected chi connectivity index (χ1v) is 7.15. The molecule has 0 unspecified atom stereocenters. The smallest absolute Gasteiger partial charge is 0.165 e. The van der Waals surface area contributed by atoms with E-state index < -0.39 is 0 Å². The lowest BCUT2D eigenvalue weighted by Crippen LogP contribution is -2.16. The number of hydrogen-bond donors (Lipinski definition) is 2. The number of hydrogen-bond acceptors (Lipinski definition) is 4. The monoisotopic (exact) mass is 289 g/mol. The summed E-state index contributed by atoms with van der Waals surface area (Å²) in [6.45, 7) is 3.77. The van der Waals surface area contributed by atoms with Crippen molar-refractivity contribution in [1.82, 2.24) is 15.5 Å². The lowest BCUT2D eigenvalue weighted by Gasteiger charge is -2.13. The van der Waals surface area contributed by atoms with Gasteiger partial charge < -0.3 is 14.8 Å². The Hall–Kier alpha value is -2.01. The number of H-pyrrole nitrogens is 1. The van der Waals surface area contributed by atoms with E-state index in [1.165, 1.54) is 5.56 Å². The molecule has 21 heavy (non-hydrogen) atoms. The number of aryl methyl sites for hydroxylation is 2. The first-order valence-electron chi connectivity index (χ1n) is 7.15. The van der Waals surface area contributed by atoms with Crippen LogP contribution in [0.1, 0.15) is 23.2 Å². The normalized spacial score (nSPS) is 10.6. The minimum atomic E-state index is 0.769. The Labute approximate surface area is 125 Å². The first-order chi connectivity index (χ1) is 10.3. The Morgan fingerprint density at radius 2 is 2.05 bits per heavy atom. The minimum Gasteiger partial charge on any atom is -0.493 e. The molecule has 0 atom stereocenters. The molecule has 1 heterocycles. The fourth-order valence-corrected chi connectivity index (χ4v) is 2.35. The van der Waals surface area contributed by atoms with E-state index in [1.54, 1.807) is 14.2 Å². The van der Waals surface area contributed by atoms with Gasteiger partial charge in [0.05, 0.1) is 20.4 Å². The molecule has 2 aromatic rings. The standard InChI is InChI=1S/C16H23N3O2/c1-12-13(11-18-19-12)7-5-9-17-10-14-6-4-8-15(20-2)16(14)21-3/h4,6,8,11,17H,5,7,9-10H2,1-3H3,(H,18,19). The number of nitrogens with zero attached hydrogens (tertiary/aromatic N) is 1. The molecule has 114 valence electrons. The van der Waals surface area contributed by atoms with E-state index in [-0.39, 0.29) is 0 Å². The van der Waals surface area contributed by atoms with Crippen molar-refractivity contribution in [1.29, 1.82) is 0 Å². The second-order valence-electron chi connectivity index (χ2n) is 4.95. The first kappa shape index (κ1) is 15.4. The topological polar surface area (TPSA) is 59.2 Å². The highest BCUT2D eigenvalue weighted by molar-refractivity contribution is 5.46. The lowest BCUT2D eigenvalue weighted by molar-refractivity contribution is 0.350. The summed E-state index contributed by atoms with van der Waals surface area (Å²) in [4.78, 5) is 0. The van der Waals surface area contributed by atoms with Crippen molar-refractivity contribution in [2.24, 2.45) is 0 Å². The van der Waals surface area contributed by atoms with Gasteiger partial charge in [-0.25, -0.2) is 0 Å². The fraction of sp³-hybridized carbons (Fsp3) is 0.438. The Bertz CT molecular complexity index is 566. The summed E-state index contributed by atoms with van der Waals surface area (Å²) >= 11 is 0. The summed E-state index contributed by atoms with van der Waals surface area (Å²) in [5.74, 6) is 1.57. The van der Waals surface area contributed by atoms with Crippen LogP contribution in [-0.4, -0.2) is 31.0 Å². The maximum atomic E-state index is 5.42. The minimum absolute atomic E-state index is 0.769. The van der Waals surface area contributed by atoms with E-state index in [0.717, 1.165) is 48.7 Å². The van der Waals surface area contributed by atoms with E-state index >= 15 is 0 Å². The molecule has 0 aliphatic rings. The van der Waals surface area contributed by atoms with Gasteiger partial charge in [0.1, 0.15) is 0 Å². The van der Waals surface area contributed by atoms with Crippen LogP contribution in [0.3, 0.4) is 0 Å². The summed E-state index contributed by atoms with van der Waals surface area (Å²) in [7, 11) is 3.32. The molecule has 0 saturated heterocycles. The van der Waals surface area contributed by atoms with Gasteiger partial charge in [0.15, 0.2) is 11.5 Å². The highest BCUT2D eigenvalue weighted by Gasteiger charge is 2.08. The van der Waals surface area contributed by atoms with E-state index in [4.69, 9.17) is 9.47 Å². The fourth-order valence-electron chi connectivity index (χ4n) is 2.35. The molecule has 1 aromatic heterocycles. The average molecular weight is 289 g/mol. The van der Waals surface area contributed by atoms with Crippen molar-refractivity contribution in [3.8, 4) is 11.5 Å². The number of aromatic amines is 1. The summed E-state index contributed by atoms with van der Waals surface area (Å²) in [5.41, 5.74) is 3.55. The molecule has 0 radical (unpaired) electrons. The van der Waals surface area contributed by atoms with Gasteiger partial charge in [-0.3, -0.25) is 5.10 Å².